The van der Waals surface area contributed by atoms with E-state index >= 15 is 0 Å². The standard InChI is InChI=1S/C11H20N2O2/c1-4-5-10(6-12)11(15)13-9(3)8(2)7-14/h8-10,14H,4-5,7H2,1-3H3,(H,13,15). The second-order valence-electron chi connectivity index (χ2n) is 3.93. The van der Waals surface area contributed by atoms with E-state index in [1.165, 1.54) is 0 Å². The van der Waals surface area contributed by atoms with Gasteiger partial charge in [-0.3, -0.25) is 4.79 Å². The maximum atomic E-state index is 11.6. The van der Waals surface area contributed by atoms with Crippen molar-refractivity contribution in [1.82, 2.24) is 5.32 Å². The molecule has 1 amide bonds. The van der Waals surface area contributed by atoms with Gasteiger partial charge in [0.25, 0.3) is 0 Å². The number of hydrogen-bond acceptors (Lipinski definition) is 3. The molecule has 0 saturated carbocycles. The third kappa shape index (κ3) is 4.80. The van der Waals surface area contributed by atoms with Crippen molar-refractivity contribution in [2.45, 2.75) is 39.7 Å². The van der Waals surface area contributed by atoms with Gasteiger partial charge >= 0.3 is 0 Å². The zero-order chi connectivity index (χ0) is 11.8. The maximum absolute atomic E-state index is 11.6. The summed E-state index contributed by atoms with van der Waals surface area (Å²) in [5.74, 6) is -0.787. The number of carbonyl (C=O) groups is 1. The summed E-state index contributed by atoms with van der Waals surface area (Å²) in [6, 6.07) is 1.89. The number of rotatable bonds is 6. The van der Waals surface area contributed by atoms with Crippen LogP contribution in [0.15, 0.2) is 0 Å². The molecule has 4 nitrogen and oxygen atoms in total. The number of aliphatic hydroxyl groups is 1. The molecule has 0 saturated heterocycles. The monoisotopic (exact) mass is 212 g/mol. The van der Waals surface area contributed by atoms with Crippen LogP contribution in [0.1, 0.15) is 33.6 Å². The van der Waals surface area contributed by atoms with Gasteiger partial charge in [0.1, 0.15) is 5.92 Å². The molecule has 3 atom stereocenters. The zero-order valence-corrected chi connectivity index (χ0v) is 9.66. The molecule has 0 aromatic heterocycles. The topological polar surface area (TPSA) is 73.1 Å². The molecule has 0 aromatic rings. The number of nitriles is 1. The van der Waals surface area contributed by atoms with Gasteiger partial charge in [-0.2, -0.15) is 5.26 Å². The second kappa shape index (κ2) is 7.24. The van der Waals surface area contributed by atoms with Crippen LogP contribution < -0.4 is 5.32 Å². The zero-order valence-electron chi connectivity index (χ0n) is 9.66. The number of hydrogen-bond donors (Lipinski definition) is 2. The molecule has 2 N–H and O–H groups in total. The van der Waals surface area contributed by atoms with E-state index in [2.05, 4.69) is 5.32 Å². The van der Waals surface area contributed by atoms with Crippen molar-refractivity contribution < 1.29 is 9.90 Å². The summed E-state index contributed by atoms with van der Waals surface area (Å²) in [5.41, 5.74) is 0. The Morgan fingerprint density at radius 3 is 2.53 bits per heavy atom. The number of amides is 1. The van der Waals surface area contributed by atoms with Gasteiger partial charge in [0.15, 0.2) is 0 Å². The predicted molar refractivity (Wildman–Crippen MR) is 57.9 cm³/mol. The average Bonchev–Trinajstić information content (AvgIpc) is 2.24. The molecule has 86 valence electrons. The minimum Gasteiger partial charge on any atom is -0.396 e. The van der Waals surface area contributed by atoms with Gasteiger partial charge < -0.3 is 10.4 Å². The smallest absolute Gasteiger partial charge is 0.237 e. The van der Waals surface area contributed by atoms with Crippen LogP contribution in [-0.4, -0.2) is 23.7 Å². The Balaban J connectivity index is 4.17. The maximum Gasteiger partial charge on any atom is 0.237 e. The highest BCUT2D eigenvalue weighted by Gasteiger charge is 2.20. The van der Waals surface area contributed by atoms with Gasteiger partial charge in [-0.05, 0) is 19.3 Å². The first kappa shape index (κ1) is 13.9. The number of nitrogens with zero attached hydrogens (tertiary/aromatic N) is 1. The highest BCUT2D eigenvalue weighted by molar-refractivity contribution is 5.81. The summed E-state index contributed by atoms with van der Waals surface area (Å²) in [4.78, 5) is 11.6. The Kier molecular flexibility index (Phi) is 6.72. The lowest BCUT2D eigenvalue weighted by molar-refractivity contribution is -0.124. The van der Waals surface area contributed by atoms with Gasteiger partial charge in [0, 0.05) is 12.6 Å². The number of aliphatic hydroxyl groups excluding tert-OH is 1. The first-order valence-electron chi connectivity index (χ1n) is 5.37. The molecule has 4 heteroatoms. The minimum absolute atomic E-state index is 0.00918. The van der Waals surface area contributed by atoms with E-state index in [9.17, 15) is 4.79 Å². The van der Waals surface area contributed by atoms with Crippen molar-refractivity contribution in [3.8, 4) is 6.07 Å². The van der Waals surface area contributed by atoms with Crippen LogP contribution >= 0.6 is 0 Å². The Morgan fingerprint density at radius 1 is 1.53 bits per heavy atom. The van der Waals surface area contributed by atoms with Crippen LogP contribution in [0.2, 0.25) is 0 Å². The molecule has 0 bridgehead atoms. The van der Waals surface area contributed by atoms with Crippen LogP contribution in [0.3, 0.4) is 0 Å². The van der Waals surface area contributed by atoms with Crippen molar-refractivity contribution in [1.29, 1.82) is 5.26 Å². The Hall–Kier alpha value is -1.08. The molecular formula is C11H20N2O2. The molecule has 3 unspecified atom stereocenters. The molecule has 0 rings (SSSR count). The van der Waals surface area contributed by atoms with Crippen molar-refractivity contribution in [2.24, 2.45) is 11.8 Å². The molecule has 0 aliphatic heterocycles. The first-order valence-corrected chi connectivity index (χ1v) is 5.37. The Labute approximate surface area is 91.3 Å². The third-order valence-electron chi connectivity index (χ3n) is 2.56. The summed E-state index contributed by atoms with van der Waals surface area (Å²) in [7, 11) is 0. The van der Waals surface area contributed by atoms with Gasteiger partial charge in [0.2, 0.25) is 5.91 Å². The van der Waals surface area contributed by atoms with Crippen LogP contribution in [-0.2, 0) is 4.79 Å². The van der Waals surface area contributed by atoms with Crippen molar-refractivity contribution in [2.75, 3.05) is 6.61 Å². The largest absolute Gasteiger partial charge is 0.396 e. The quantitative estimate of drug-likeness (QED) is 0.691. The molecule has 0 heterocycles. The number of carbonyl (C=O) groups excluding carboxylic acids is 1. The molecule has 0 spiro atoms. The van der Waals surface area contributed by atoms with Gasteiger partial charge in [-0.1, -0.05) is 20.3 Å². The van der Waals surface area contributed by atoms with E-state index in [1.807, 2.05) is 26.8 Å². The number of nitrogens with one attached hydrogen (secondary N) is 1. The molecule has 15 heavy (non-hydrogen) atoms. The van der Waals surface area contributed by atoms with Gasteiger partial charge in [-0.15, -0.1) is 0 Å². The Bertz CT molecular complexity index is 235. The summed E-state index contributed by atoms with van der Waals surface area (Å²) in [5, 5.41) is 20.4. The lowest BCUT2D eigenvalue weighted by Crippen LogP contribution is -2.41. The lowest BCUT2D eigenvalue weighted by atomic mass is 10.0. The van der Waals surface area contributed by atoms with E-state index in [-0.39, 0.29) is 24.5 Å². The van der Waals surface area contributed by atoms with Gasteiger partial charge in [-0.25, -0.2) is 0 Å². The van der Waals surface area contributed by atoms with E-state index in [0.29, 0.717) is 6.42 Å². The molecular weight excluding hydrogens is 192 g/mol. The SMILES string of the molecule is CCCC(C#N)C(=O)NC(C)C(C)CO. The van der Waals surface area contributed by atoms with Crippen molar-refractivity contribution >= 4 is 5.91 Å². The van der Waals surface area contributed by atoms with Crippen molar-refractivity contribution in [3.63, 3.8) is 0 Å². The van der Waals surface area contributed by atoms with Gasteiger partial charge in [0.05, 0.1) is 6.07 Å². The highest BCUT2D eigenvalue weighted by atomic mass is 16.3. The fourth-order valence-corrected chi connectivity index (χ4v) is 1.17. The minimum atomic E-state index is -0.566. The normalized spacial score (nSPS) is 16.2. The van der Waals surface area contributed by atoms with Crippen LogP contribution in [0.5, 0.6) is 0 Å². The third-order valence-corrected chi connectivity index (χ3v) is 2.56. The molecule has 0 fully saturated rings. The van der Waals surface area contributed by atoms with Crippen molar-refractivity contribution in [3.05, 3.63) is 0 Å². The van der Waals surface area contributed by atoms with E-state index < -0.39 is 5.92 Å². The average molecular weight is 212 g/mol. The highest BCUT2D eigenvalue weighted by Crippen LogP contribution is 2.07. The summed E-state index contributed by atoms with van der Waals surface area (Å²) in [6.07, 6.45) is 1.40. The van der Waals surface area contributed by atoms with Crippen LogP contribution in [0, 0.1) is 23.2 Å². The molecule has 0 aromatic carbocycles. The van der Waals surface area contributed by atoms with E-state index in [4.69, 9.17) is 10.4 Å². The fraction of sp³-hybridized carbons (Fsp3) is 0.818. The van der Waals surface area contributed by atoms with E-state index in [0.717, 1.165) is 6.42 Å². The predicted octanol–water partition coefficient (Wildman–Crippen LogP) is 1.06. The second-order valence-corrected chi connectivity index (χ2v) is 3.93. The molecule has 0 aliphatic carbocycles. The Morgan fingerprint density at radius 2 is 2.13 bits per heavy atom. The summed E-state index contributed by atoms with van der Waals surface area (Å²) < 4.78 is 0. The van der Waals surface area contributed by atoms with Crippen LogP contribution in [0.25, 0.3) is 0 Å². The fourth-order valence-electron chi connectivity index (χ4n) is 1.17. The molecule has 0 radical (unpaired) electrons. The first-order chi connectivity index (χ1) is 7.06. The summed E-state index contributed by atoms with van der Waals surface area (Å²) >= 11 is 0. The summed E-state index contributed by atoms with van der Waals surface area (Å²) in [6.45, 7) is 5.66. The van der Waals surface area contributed by atoms with E-state index in [1.54, 1.807) is 0 Å². The molecule has 0 aliphatic rings. The lowest BCUT2D eigenvalue weighted by Gasteiger charge is -2.20. The van der Waals surface area contributed by atoms with Crippen LogP contribution in [0.4, 0.5) is 0 Å².